The van der Waals surface area contributed by atoms with Gasteiger partial charge in [0.05, 0.1) is 6.04 Å². The van der Waals surface area contributed by atoms with Crippen LogP contribution in [0.15, 0.2) is 12.3 Å². The molecule has 1 aliphatic rings. The quantitative estimate of drug-likeness (QED) is 0.507. The molecule has 0 unspecified atom stereocenters. The van der Waals surface area contributed by atoms with E-state index in [1.165, 1.54) is 0 Å². The SMILES string of the molecule is C=C(O)[C@@H]1CCN1C. The molecule has 8 heavy (non-hydrogen) atoms. The van der Waals surface area contributed by atoms with Crippen molar-refractivity contribution in [1.29, 1.82) is 0 Å². The average molecular weight is 113 g/mol. The molecule has 0 aliphatic carbocycles. The summed E-state index contributed by atoms with van der Waals surface area (Å²) in [5, 5.41) is 8.81. The van der Waals surface area contributed by atoms with Crippen LogP contribution in [0.25, 0.3) is 0 Å². The second-order valence-corrected chi connectivity index (χ2v) is 2.28. The lowest BCUT2D eigenvalue weighted by Gasteiger charge is -2.36. The van der Waals surface area contributed by atoms with Crippen LogP contribution in [0.3, 0.4) is 0 Å². The van der Waals surface area contributed by atoms with Gasteiger partial charge in [-0.3, -0.25) is 4.90 Å². The number of likely N-dealkylation sites (tertiary alicyclic amines) is 1. The van der Waals surface area contributed by atoms with Gasteiger partial charge in [-0.25, -0.2) is 0 Å². The van der Waals surface area contributed by atoms with E-state index in [9.17, 15) is 0 Å². The topological polar surface area (TPSA) is 23.5 Å². The minimum atomic E-state index is 0.245. The fourth-order valence-corrected chi connectivity index (χ4v) is 0.937. The Kier molecular flexibility index (Phi) is 1.26. The van der Waals surface area contributed by atoms with Crippen LogP contribution < -0.4 is 0 Å². The van der Waals surface area contributed by atoms with Crippen molar-refractivity contribution in [2.45, 2.75) is 12.5 Å². The number of likely N-dealkylation sites (N-methyl/N-ethyl adjacent to an activating group) is 1. The molecule has 1 atom stereocenters. The van der Waals surface area contributed by atoms with E-state index in [1.54, 1.807) is 0 Å². The van der Waals surface area contributed by atoms with Crippen molar-refractivity contribution in [3.05, 3.63) is 12.3 Å². The van der Waals surface area contributed by atoms with Crippen molar-refractivity contribution >= 4 is 0 Å². The van der Waals surface area contributed by atoms with E-state index < -0.39 is 0 Å². The molecule has 0 spiro atoms. The van der Waals surface area contributed by atoms with Crippen LogP contribution in [-0.4, -0.2) is 29.6 Å². The van der Waals surface area contributed by atoms with Gasteiger partial charge < -0.3 is 5.11 Å². The first-order valence-corrected chi connectivity index (χ1v) is 2.80. The number of nitrogens with zero attached hydrogens (tertiary/aromatic N) is 1. The van der Waals surface area contributed by atoms with Crippen LogP contribution in [0.2, 0.25) is 0 Å². The predicted octanol–water partition coefficient (Wildman–Crippen LogP) is 0.762. The molecule has 1 aliphatic heterocycles. The highest BCUT2D eigenvalue weighted by molar-refractivity contribution is 5.00. The van der Waals surface area contributed by atoms with Crippen molar-refractivity contribution in [3.8, 4) is 0 Å². The molecule has 1 fully saturated rings. The van der Waals surface area contributed by atoms with Gasteiger partial charge in [0.25, 0.3) is 0 Å². The van der Waals surface area contributed by atoms with Crippen LogP contribution in [0, 0.1) is 0 Å². The molecule has 2 heteroatoms. The third-order valence-corrected chi connectivity index (χ3v) is 1.67. The second-order valence-electron chi connectivity index (χ2n) is 2.28. The molecule has 1 saturated heterocycles. The van der Waals surface area contributed by atoms with Crippen molar-refractivity contribution in [2.75, 3.05) is 13.6 Å². The molecule has 0 bridgehead atoms. The van der Waals surface area contributed by atoms with E-state index in [4.69, 9.17) is 5.11 Å². The summed E-state index contributed by atoms with van der Waals surface area (Å²) in [6.45, 7) is 4.53. The maximum Gasteiger partial charge on any atom is 0.102 e. The molecule has 1 heterocycles. The Morgan fingerprint density at radius 1 is 1.88 bits per heavy atom. The zero-order valence-electron chi connectivity index (χ0n) is 5.09. The molecular weight excluding hydrogens is 102 g/mol. The van der Waals surface area contributed by atoms with Gasteiger partial charge in [0.2, 0.25) is 0 Å². The molecule has 0 aromatic carbocycles. The van der Waals surface area contributed by atoms with Gasteiger partial charge in [-0.1, -0.05) is 6.58 Å². The molecule has 1 N–H and O–H groups in total. The summed E-state index contributed by atoms with van der Waals surface area (Å²) in [5.74, 6) is 0.304. The fraction of sp³-hybridized carbons (Fsp3) is 0.667. The minimum absolute atomic E-state index is 0.245. The Morgan fingerprint density at radius 2 is 2.50 bits per heavy atom. The van der Waals surface area contributed by atoms with E-state index in [1.807, 2.05) is 7.05 Å². The highest BCUT2D eigenvalue weighted by Crippen LogP contribution is 2.18. The second kappa shape index (κ2) is 1.78. The van der Waals surface area contributed by atoms with E-state index in [-0.39, 0.29) is 6.04 Å². The predicted molar refractivity (Wildman–Crippen MR) is 32.8 cm³/mol. The van der Waals surface area contributed by atoms with Gasteiger partial charge in [0.15, 0.2) is 0 Å². The van der Waals surface area contributed by atoms with Crippen LogP contribution >= 0.6 is 0 Å². The molecule has 0 amide bonds. The Balaban J connectivity index is 2.37. The molecule has 0 aromatic heterocycles. The van der Waals surface area contributed by atoms with Gasteiger partial charge in [0.1, 0.15) is 5.76 Å². The molecule has 46 valence electrons. The highest BCUT2D eigenvalue weighted by atomic mass is 16.3. The number of hydrogen-bond donors (Lipinski definition) is 1. The van der Waals surface area contributed by atoms with E-state index in [0.717, 1.165) is 13.0 Å². The molecular formula is C6H11NO. The van der Waals surface area contributed by atoms with Gasteiger partial charge in [-0.2, -0.15) is 0 Å². The normalized spacial score (nSPS) is 29.4. The van der Waals surface area contributed by atoms with Gasteiger partial charge in [-0.05, 0) is 13.5 Å². The fourth-order valence-electron chi connectivity index (χ4n) is 0.937. The maximum atomic E-state index is 8.81. The largest absolute Gasteiger partial charge is 0.511 e. The first-order valence-electron chi connectivity index (χ1n) is 2.80. The Hall–Kier alpha value is -0.500. The van der Waals surface area contributed by atoms with Crippen LogP contribution in [0.5, 0.6) is 0 Å². The smallest absolute Gasteiger partial charge is 0.102 e. The lowest BCUT2D eigenvalue weighted by Crippen LogP contribution is -2.45. The maximum absolute atomic E-state index is 8.81. The number of hydrogen-bond acceptors (Lipinski definition) is 2. The Bertz CT molecular complexity index is 111. The minimum Gasteiger partial charge on any atom is -0.511 e. The number of aliphatic hydroxyl groups is 1. The molecule has 0 radical (unpaired) electrons. The average Bonchev–Trinajstić information content (AvgIpc) is 1.61. The molecule has 2 nitrogen and oxygen atoms in total. The lowest BCUT2D eigenvalue weighted by molar-refractivity contribution is 0.115. The summed E-state index contributed by atoms with van der Waals surface area (Å²) in [6.07, 6.45) is 1.06. The summed E-state index contributed by atoms with van der Waals surface area (Å²) in [7, 11) is 1.98. The van der Waals surface area contributed by atoms with Crippen LogP contribution in [-0.2, 0) is 0 Å². The van der Waals surface area contributed by atoms with E-state index in [2.05, 4.69) is 11.5 Å². The Morgan fingerprint density at radius 3 is 2.50 bits per heavy atom. The summed E-state index contributed by atoms with van der Waals surface area (Å²) < 4.78 is 0. The Labute approximate surface area is 49.4 Å². The molecule has 0 saturated carbocycles. The van der Waals surface area contributed by atoms with E-state index in [0.29, 0.717) is 5.76 Å². The van der Waals surface area contributed by atoms with Crippen molar-refractivity contribution in [1.82, 2.24) is 4.90 Å². The standard InChI is InChI=1S/C6H11NO/c1-5(8)6-3-4-7(6)2/h6,8H,1,3-4H2,2H3/t6-/m0/s1. The van der Waals surface area contributed by atoms with E-state index >= 15 is 0 Å². The summed E-state index contributed by atoms with van der Waals surface area (Å²) in [5.41, 5.74) is 0. The molecule has 1 rings (SSSR count). The summed E-state index contributed by atoms with van der Waals surface area (Å²) >= 11 is 0. The number of aliphatic hydroxyl groups excluding tert-OH is 1. The molecule has 0 aromatic rings. The zero-order chi connectivity index (χ0) is 6.15. The summed E-state index contributed by atoms with van der Waals surface area (Å²) in [4.78, 5) is 2.07. The third kappa shape index (κ3) is 0.713. The zero-order valence-corrected chi connectivity index (χ0v) is 5.09. The van der Waals surface area contributed by atoms with Crippen LogP contribution in [0.1, 0.15) is 6.42 Å². The van der Waals surface area contributed by atoms with Gasteiger partial charge >= 0.3 is 0 Å². The first kappa shape index (κ1) is 5.63. The van der Waals surface area contributed by atoms with Crippen molar-refractivity contribution in [2.24, 2.45) is 0 Å². The van der Waals surface area contributed by atoms with Gasteiger partial charge in [0, 0.05) is 6.54 Å². The van der Waals surface area contributed by atoms with Crippen molar-refractivity contribution in [3.63, 3.8) is 0 Å². The van der Waals surface area contributed by atoms with Crippen LogP contribution in [0.4, 0.5) is 0 Å². The number of rotatable bonds is 1. The lowest BCUT2D eigenvalue weighted by atomic mass is 10.0. The third-order valence-electron chi connectivity index (χ3n) is 1.67. The highest BCUT2D eigenvalue weighted by Gasteiger charge is 2.25. The summed E-state index contributed by atoms with van der Waals surface area (Å²) in [6, 6.07) is 0.245. The first-order chi connectivity index (χ1) is 3.72. The van der Waals surface area contributed by atoms with Gasteiger partial charge in [-0.15, -0.1) is 0 Å². The monoisotopic (exact) mass is 113 g/mol. The van der Waals surface area contributed by atoms with Crippen molar-refractivity contribution < 1.29 is 5.11 Å².